The summed E-state index contributed by atoms with van der Waals surface area (Å²) in [6, 6.07) is 0. The lowest BCUT2D eigenvalue weighted by Crippen LogP contribution is -2.11. The second kappa shape index (κ2) is 5.94. The van der Waals surface area contributed by atoms with E-state index in [1.165, 1.54) is 23.3 Å². The molecular weight excluding hydrogens is 337 g/mol. The smallest absolute Gasteiger partial charge is 0.337 e. The molecule has 0 saturated heterocycles. The summed E-state index contributed by atoms with van der Waals surface area (Å²) in [6.45, 7) is -0.00826. The predicted molar refractivity (Wildman–Crippen MR) is 78.3 cm³/mol. The molecule has 3 heterocycles. The molecule has 0 saturated carbocycles. The minimum absolute atomic E-state index is 0.00826. The van der Waals surface area contributed by atoms with E-state index in [9.17, 15) is 13.2 Å². The molecule has 0 spiro atoms. The average molecular weight is 350 g/mol. The zero-order valence-electron chi connectivity index (χ0n) is 13.0. The zero-order valence-corrected chi connectivity index (χ0v) is 13.0. The highest BCUT2D eigenvalue weighted by atomic mass is 19.4. The third kappa shape index (κ3) is 2.99. The van der Waals surface area contributed by atoms with E-state index in [-0.39, 0.29) is 23.8 Å². The Labute approximate surface area is 139 Å². The Bertz CT molecular complexity index is 887. The maximum Gasteiger partial charge on any atom is 0.435 e. The van der Waals surface area contributed by atoms with Gasteiger partial charge in [-0.25, -0.2) is 4.98 Å². The highest BCUT2D eigenvalue weighted by molar-refractivity contribution is 5.45. The number of hydrogen-bond acceptors (Lipinski definition) is 6. The molecule has 0 amide bonds. The number of aromatic nitrogens is 6. The molecule has 3 aromatic heterocycles. The van der Waals surface area contributed by atoms with Gasteiger partial charge in [0.1, 0.15) is 12.2 Å². The van der Waals surface area contributed by atoms with Gasteiger partial charge in [-0.2, -0.15) is 23.3 Å². The van der Waals surface area contributed by atoms with Crippen molar-refractivity contribution in [2.24, 2.45) is 0 Å². The Hall–Kier alpha value is -2.78. The lowest BCUT2D eigenvalue weighted by molar-refractivity contribution is -0.142. The first kappa shape index (κ1) is 15.7. The van der Waals surface area contributed by atoms with Gasteiger partial charge in [0.2, 0.25) is 11.7 Å². The second-order valence-corrected chi connectivity index (χ2v) is 5.74. The normalized spacial score (nSPS) is 14.5. The van der Waals surface area contributed by atoms with Gasteiger partial charge in [0.05, 0.1) is 6.20 Å². The van der Waals surface area contributed by atoms with Gasteiger partial charge in [-0.1, -0.05) is 5.16 Å². The molecular formula is C15H13F3N6O. The topological polar surface area (TPSA) is 82.5 Å². The Balaban J connectivity index is 1.65. The van der Waals surface area contributed by atoms with Crippen molar-refractivity contribution in [2.75, 3.05) is 0 Å². The Morgan fingerprint density at radius 1 is 1.16 bits per heavy atom. The largest absolute Gasteiger partial charge is 0.435 e. The zero-order chi connectivity index (χ0) is 17.4. The van der Waals surface area contributed by atoms with Gasteiger partial charge in [-0.3, -0.25) is 9.67 Å². The summed E-state index contributed by atoms with van der Waals surface area (Å²) in [6.07, 6.45) is 2.54. The Morgan fingerprint density at radius 3 is 2.76 bits per heavy atom. The molecule has 3 aromatic rings. The molecule has 0 atom stereocenters. The summed E-state index contributed by atoms with van der Waals surface area (Å²) in [5, 5.41) is 7.57. The lowest BCUT2D eigenvalue weighted by Gasteiger charge is -2.14. The summed E-state index contributed by atoms with van der Waals surface area (Å²) >= 11 is 0. The number of nitrogens with zero attached hydrogens (tertiary/aromatic N) is 6. The van der Waals surface area contributed by atoms with E-state index in [1.807, 2.05) is 0 Å². The van der Waals surface area contributed by atoms with E-state index in [0.29, 0.717) is 24.2 Å². The van der Waals surface area contributed by atoms with Gasteiger partial charge >= 0.3 is 6.18 Å². The lowest BCUT2D eigenvalue weighted by atomic mass is 9.95. The highest BCUT2D eigenvalue weighted by Crippen LogP contribution is 2.36. The van der Waals surface area contributed by atoms with Gasteiger partial charge in [-0.05, 0) is 25.7 Å². The van der Waals surface area contributed by atoms with Gasteiger partial charge in [0, 0.05) is 23.7 Å². The van der Waals surface area contributed by atoms with Crippen LogP contribution in [0, 0.1) is 0 Å². The summed E-state index contributed by atoms with van der Waals surface area (Å²) in [5.74, 6) is 0.408. The number of fused-ring (bicyclic) bond motifs is 1. The molecule has 0 bridgehead atoms. The molecule has 0 radical (unpaired) electrons. The summed E-state index contributed by atoms with van der Waals surface area (Å²) in [5.41, 5.74) is 0.497. The number of rotatable bonds is 3. The van der Waals surface area contributed by atoms with Gasteiger partial charge in [0.25, 0.3) is 0 Å². The van der Waals surface area contributed by atoms with Crippen molar-refractivity contribution in [1.82, 2.24) is 29.9 Å². The summed E-state index contributed by atoms with van der Waals surface area (Å²) < 4.78 is 46.1. The van der Waals surface area contributed by atoms with E-state index in [0.717, 1.165) is 12.8 Å². The van der Waals surface area contributed by atoms with E-state index in [4.69, 9.17) is 4.52 Å². The van der Waals surface area contributed by atoms with Gasteiger partial charge in [-0.15, -0.1) is 0 Å². The van der Waals surface area contributed by atoms with E-state index >= 15 is 0 Å². The minimum Gasteiger partial charge on any atom is -0.337 e. The van der Waals surface area contributed by atoms with Crippen molar-refractivity contribution in [2.45, 2.75) is 38.4 Å². The number of halogens is 3. The van der Waals surface area contributed by atoms with E-state index in [1.54, 1.807) is 0 Å². The molecule has 0 aromatic carbocycles. The van der Waals surface area contributed by atoms with Crippen LogP contribution in [0.25, 0.3) is 11.5 Å². The van der Waals surface area contributed by atoms with Crippen LogP contribution < -0.4 is 0 Å². The SMILES string of the molecule is FC(F)(F)c1nn(Cc2nc(-c3cnccn3)no2)c2c1CCCC2. The fourth-order valence-electron chi connectivity index (χ4n) is 3.00. The van der Waals surface area contributed by atoms with Crippen LogP contribution in [0.2, 0.25) is 0 Å². The van der Waals surface area contributed by atoms with Crippen LogP contribution in [-0.2, 0) is 25.6 Å². The number of hydrogen-bond donors (Lipinski definition) is 0. The maximum atomic E-state index is 13.2. The molecule has 1 aliphatic carbocycles. The van der Waals surface area contributed by atoms with Crippen molar-refractivity contribution in [3.05, 3.63) is 41.4 Å². The van der Waals surface area contributed by atoms with Crippen molar-refractivity contribution < 1.29 is 17.7 Å². The first-order valence-corrected chi connectivity index (χ1v) is 7.77. The third-order valence-electron chi connectivity index (χ3n) is 4.07. The molecule has 0 unspecified atom stereocenters. The molecule has 0 fully saturated rings. The highest BCUT2D eigenvalue weighted by Gasteiger charge is 2.39. The quantitative estimate of drug-likeness (QED) is 0.722. The van der Waals surface area contributed by atoms with E-state index in [2.05, 4.69) is 25.2 Å². The predicted octanol–water partition coefficient (Wildman–Crippen LogP) is 2.67. The van der Waals surface area contributed by atoms with Crippen LogP contribution in [0.1, 0.15) is 35.7 Å². The molecule has 7 nitrogen and oxygen atoms in total. The average Bonchev–Trinajstić information content (AvgIpc) is 3.21. The van der Waals surface area contributed by atoms with Gasteiger partial charge < -0.3 is 4.52 Å². The van der Waals surface area contributed by atoms with Crippen LogP contribution in [0.5, 0.6) is 0 Å². The Kier molecular flexibility index (Phi) is 3.74. The van der Waals surface area contributed by atoms with Crippen molar-refractivity contribution in [1.29, 1.82) is 0 Å². The first-order chi connectivity index (χ1) is 12.0. The van der Waals surface area contributed by atoms with Crippen LogP contribution in [0.4, 0.5) is 13.2 Å². The molecule has 1 aliphatic rings. The third-order valence-corrected chi connectivity index (χ3v) is 4.07. The molecule has 0 aliphatic heterocycles. The molecule has 4 rings (SSSR count). The fraction of sp³-hybridized carbons (Fsp3) is 0.400. The maximum absolute atomic E-state index is 13.2. The second-order valence-electron chi connectivity index (χ2n) is 5.74. The van der Waals surface area contributed by atoms with Crippen molar-refractivity contribution in [3.63, 3.8) is 0 Å². The molecule has 130 valence electrons. The summed E-state index contributed by atoms with van der Waals surface area (Å²) in [4.78, 5) is 12.1. The monoisotopic (exact) mass is 350 g/mol. The summed E-state index contributed by atoms with van der Waals surface area (Å²) in [7, 11) is 0. The van der Waals surface area contributed by atoms with Crippen LogP contribution in [0.15, 0.2) is 23.1 Å². The molecule has 25 heavy (non-hydrogen) atoms. The first-order valence-electron chi connectivity index (χ1n) is 7.77. The fourth-order valence-corrected chi connectivity index (χ4v) is 3.00. The van der Waals surface area contributed by atoms with Crippen molar-refractivity contribution >= 4 is 0 Å². The van der Waals surface area contributed by atoms with Crippen LogP contribution >= 0.6 is 0 Å². The number of alkyl halides is 3. The Morgan fingerprint density at radius 2 is 2.00 bits per heavy atom. The van der Waals surface area contributed by atoms with Crippen LogP contribution in [-0.4, -0.2) is 29.9 Å². The minimum atomic E-state index is -4.47. The van der Waals surface area contributed by atoms with E-state index < -0.39 is 11.9 Å². The standard InChI is InChI=1S/C15H13F3N6O/c16-15(17,18)13-9-3-1-2-4-11(9)24(22-13)8-12-21-14(23-25-12)10-7-19-5-6-20-10/h5-7H,1-4,8H2. The molecule has 10 heteroatoms. The van der Waals surface area contributed by atoms with Crippen LogP contribution in [0.3, 0.4) is 0 Å². The van der Waals surface area contributed by atoms with Crippen molar-refractivity contribution in [3.8, 4) is 11.5 Å². The van der Waals surface area contributed by atoms with Gasteiger partial charge in [0.15, 0.2) is 5.69 Å². The molecule has 0 N–H and O–H groups in total.